The lowest BCUT2D eigenvalue weighted by Gasteiger charge is -2.37. The van der Waals surface area contributed by atoms with Crippen molar-refractivity contribution in [2.75, 3.05) is 24.5 Å². The van der Waals surface area contributed by atoms with Crippen LogP contribution >= 0.6 is 39.1 Å². The van der Waals surface area contributed by atoms with Crippen LogP contribution in [0.3, 0.4) is 0 Å². The molecule has 2 aliphatic rings. The van der Waals surface area contributed by atoms with Gasteiger partial charge in [0, 0.05) is 42.6 Å². The van der Waals surface area contributed by atoms with Gasteiger partial charge in [0.05, 0.1) is 16.6 Å². The topological polar surface area (TPSA) is 59.1 Å². The van der Waals surface area contributed by atoms with E-state index < -0.39 is 5.60 Å². The number of benzene rings is 2. The van der Waals surface area contributed by atoms with Gasteiger partial charge in [0.1, 0.15) is 12.2 Å². The Morgan fingerprint density at radius 1 is 1.13 bits per heavy atom. The molecule has 0 bridgehead atoms. The molecule has 0 radical (unpaired) electrons. The molecule has 0 saturated carbocycles. The number of anilines is 1. The van der Waals surface area contributed by atoms with Crippen LogP contribution < -0.4 is 4.90 Å². The summed E-state index contributed by atoms with van der Waals surface area (Å²) >= 11 is 15.8. The average Bonchev–Trinajstić information content (AvgIpc) is 3.08. The molecule has 2 aromatic carbocycles. The highest BCUT2D eigenvalue weighted by atomic mass is 79.9. The number of piperidine rings is 1. The maximum Gasteiger partial charge on any atom is 0.415 e. The van der Waals surface area contributed by atoms with E-state index in [0.29, 0.717) is 23.1 Å². The van der Waals surface area contributed by atoms with Gasteiger partial charge in [0.25, 0.3) is 6.47 Å². The largest absolute Gasteiger partial charge is 0.463 e. The van der Waals surface area contributed by atoms with Crippen LogP contribution in [0, 0.1) is 0 Å². The monoisotopic (exact) mass is 526 g/mol. The maximum absolute atomic E-state index is 12.6. The molecule has 2 aromatic rings. The molecule has 0 atom stereocenters. The first-order chi connectivity index (χ1) is 14.9. The second-order valence-electron chi connectivity index (χ2n) is 7.86. The zero-order valence-electron chi connectivity index (χ0n) is 16.7. The molecule has 1 spiro atoms. The molecule has 6 nitrogen and oxygen atoms in total. The fourth-order valence-electron chi connectivity index (χ4n) is 4.06. The van der Waals surface area contributed by atoms with Gasteiger partial charge in [-0.1, -0.05) is 35.3 Å². The second kappa shape index (κ2) is 9.36. The van der Waals surface area contributed by atoms with Gasteiger partial charge < -0.3 is 9.47 Å². The first-order valence-corrected chi connectivity index (χ1v) is 11.4. The van der Waals surface area contributed by atoms with Crippen molar-refractivity contribution in [3.05, 3.63) is 62.0 Å². The molecule has 2 aliphatic heterocycles. The summed E-state index contributed by atoms with van der Waals surface area (Å²) in [7, 11) is 0. The fraction of sp³-hybridized carbons (Fsp3) is 0.364. The summed E-state index contributed by atoms with van der Waals surface area (Å²) in [6.45, 7) is 3.56. The highest BCUT2D eigenvalue weighted by Crippen LogP contribution is 2.37. The minimum atomic E-state index is -0.467. The van der Waals surface area contributed by atoms with Gasteiger partial charge in [-0.15, -0.1) is 0 Å². The summed E-state index contributed by atoms with van der Waals surface area (Å²) in [4.78, 5) is 26.9. The first-order valence-electron chi connectivity index (χ1n) is 9.90. The highest BCUT2D eigenvalue weighted by Gasteiger charge is 2.47. The molecule has 2 fully saturated rings. The van der Waals surface area contributed by atoms with Crippen LogP contribution in [-0.2, 0) is 27.4 Å². The Bertz CT molecular complexity index is 955. The van der Waals surface area contributed by atoms with Gasteiger partial charge in [-0.05, 0) is 51.3 Å². The quantitative estimate of drug-likeness (QED) is 0.371. The van der Waals surface area contributed by atoms with E-state index in [4.69, 9.17) is 32.7 Å². The summed E-state index contributed by atoms with van der Waals surface area (Å²) < 4.78 is 11.4. The second-order valence-corrected chi connectivity index (χ2v) is 9.50. The number of ether oxygens (including phenoxy) is 2. The Hall–Kier alpha value is -1.80. The predicted molar refractivity (Wildman–Crippen MR) is 123 cm³/mol. The average molecular weight is 528 g/mol. The number of hydrogen-bond donors (Lipinski definition) is 0. The minimum absolute atomic E-state index is 0.212. The van der Waals surface area contributed by atoms with Gasteiger partial charge in [-0.2, -0.15) is 0 Å². The standard InChI is InChI=1S/C22H21BrCl2N2O4/c23-18-9-16(10-19(24)20(18)25)11-26-7-5-22(6-8-26)13-27(21(29)31-22)17-3-1-15(2-4-17)12-30-14-28/h1-4,9-10,14H,5-8,11-13H2. The third-order valence-corrected chi connectivity index (χ3v) is 7.41. The zero-order chi connectivity index (χ0) is 22.0. The van der Waals surface area contributed by atoms with Crippen LogP contribution in [0.2, 0.25) is 10.0 Å². The molecule has 31 heavy (non-hydrogen) atoms. The predicted octanol–water partition coefficient (Wildman–Crippen LogP) is 5.42. The number of nitrogens with zero attached hydrogens (tertiary/aromatic N) is 2. The number of carbonyl (C=O) groups excluding carboxylic acids is 2. The molecule has 9 heteroatoms. The molecule has 1 amide bonds. The van der Waals surface area contributed by atoms with Crippen LogP contribution in [0.15, 0.2) is 40.9 Å². The Morgan fingerprint density at radius 2 is 1.84 bits per heavy atom. The van der Waals surface area contributed by atoms with Crippen LogP contribution in [0.4, 0.5) is 10.5 Å². The van der Waals surface area contributed by atoms with Crippen molar-refractivity contribution in [2.45, 2.75) is 31.6 Å². The highest BCUT2D eigenvalue weighted by molar-refractivity contribution is 9.10. The van der Waals surface area contributed by atoms with E-state index in [1.165, 1.54) is 0 Å². The van der Waals surface area contributed by atoms with Crippen molar-refractivity contribution < 1.29 is 19.1 Å². The Labute approximate surface area is 199 Å². The molecule has 2 heterocycles. The van der Waals surface area contributed by atoms with E-state index in [9.17, 15) is 9.59 Å². The number of likely N-dealkylation sites (tertiary alicyclic amines) is 1. The number of halogens is 3. The van der Waals surface area contributed by atoms with Gasteiger partial charge in [0.15, 0.2) is 0 Å². The summed E-state index contributed by atoms with van der Waals surface area (Å²) in [6.07, 6.45) is 1.21. The van der Waals surface area contributed by atoms with Crippen LogP contribution in [0.5, 0.6) is 0 Å². The van der Waals surface area contributed by atoms with E-state index in [-0.39, 0.29) is 12.7 Å². The molecule has 164 valence electrons. The molecule has 0 aromatic heterocycles. The molecule has 4 rings (SSSR count). The zero-order valence-corrected chi connectivity index (χ0v) is 19.8. The summed E-state index contributed by atoms with van der Waals surface area (Å²) in [5.41, 5.74) is 2.26. The Balaban J connectivity index is 1.36. The number of amides is 1. The van der Waals surface area contributed by atoms with Crippen molar-refractivity contribution in [1.29, 1.82) is 0 Å². The Kier molecular flexibility index (Phi) is 6.77. The smallest absolute Gasteiger partial charge is 0.415 e. The van der Waals surface area contributed by atoms with E-state index in [2.05, 4.69) is 20.8 Å². The molecule has 0 unspecified atom stereocenters. The fourth-order valence-corrected chi connectivity index (χ4v) is 5.03. The van der Waals surface area contributed by atoms with E-state index in [1.54, 1.807) is 4.90 Å². The normalized spacial score (nSPS) is 18.3. The first kappa shape index (κ1) is 22.4. The van der Waals surface area contributed by atoms with Crippen LogP contribution in [-0.4, -0.2) is 42.7 Å². The molecule has 0 N–H and O–H groups in total. The molecular formula is C22H21BrCl2N2O4. The van der Waals surface area contributed by atoms with Crippen LogP contribution in [0.25, 0.3) is 0 Å². The third kappa shape index (κ3) is 5.00. The SMILES string of the molecule is O=COCc1ccc(N2CC3(CCN(Cc4cc(Cl)c(Cl)c(Br)c4)CC3)OC2=O)cc1. The lowest BCUT2D eigenvalue weighted by Crippen LogP contribution is -2.46. The van der Waals surface area contributed by atoms with Crippen molar-refractivity contribution in [2.24, 2.45) is 0 Å². The van der Waals surface area contributed by atoms with E-state index in [0.717, 1.165) is 53.8 Å². The number of carbonyl (C=O) groups is 2. The molecule has 2 saturated heterocycles. The molecular weight excluding hydrogens is 507 g/mol. The van der Waals surface area contributed by atoms with Gasteiger partial charge >= 0.3 is 6.09 Å². The summed E-state index contributed by atoms with van der Waals surface area (Å²) in [5.74, 6) is 0. The third-order valence-electron chi connectivity index (χ3n) is 5.75. The number of rotatable bonds is 6. The van der Waals surface area contributed by atoms with Crippen molar-refractivity contribution in [3.63, 3.8) is 0 Å². The van der Waals surface area contributed by atoms with E-state index in [1.807, 2.05) is 36.4 Å². The van der Waals surface area contributed by atoms with Gasteiger partial charge in [-0.25, -0.2) is 4.79 Å². The van der Waals surface area contributed by atoms with Crippen molar-refractivity contribution in [1.82, 2.24) is 4.90 Å². The summed E-state index contributed by atoms with van der Waals surface area (Å²) in [6, 6.07) is 11.3. The minimum Gasteiger partial charge on any atom is -0.463 e. The van der Waals surface area contributed by atoms with Gasteiger partial charge in [-0.3, -0.25) is 14.6 Å². The molecule has 0 aliphatic carbocycles. The number of hydrogen-bond acceptors (Lipinski definition) is 5. The van der Waals surface area contributed by atoms with Crippen molar-refractivity contribution in [3.8, 4) is 0 Å². The Morgan fingerprint density at radius 3 is 2.48 bits per heavy atom. The van der Waals surface area contributed by atoms with Crippen LogP contribution in [0.1, 0.15) is 24.0 Å². The van der Waals surface area contributed by atoms with Gasteiger partial charge in [0.2, 0.25) is 0 Å². The lowest BCUT2D eigenvalue weighted by atomic mass is 9.91. The maximum atomic E-state index is 12.6. The van der Waals surface area contributed by atoms with E-state index >= 15 is 0 Å². The summed E-state index contributed by atoms with van der Waals surface area (Å²) in [5, 5.41) is 1.05. The lowest BCUT2D eigenvalue weighted by molar-refractivity contribution is -0.129. The van der Waals surface area contributed by atoms with Crippen molar-refractivity contribution >= 4 is 57.4 Å².